The second-order valence-electron chi connectivity index (χ2n) is 8.49. The Morgan fingerprint density at radius 2 is 1.61 bits per heavy atom. The fraction of sp³-hybridized carbons (Fsp3) is 0.435. The van der Waals surface area contributed by atoms with Crippen LogP contribution in [0.5, 0.6) is 0 Å². The molecule has 10 heteroatoms. The van der Waals surface area contributed by atoms with Crippen molar-refractivity contribution in [1.82, 2.24) is 14.8 Å². The van der Waals surface area contributed by atoms with E-state index in [4.69, 9.17) is 0 Å². The van der Waals surface area contributed by atoms with Gasteiger partial charge in [0.25, 0.3) is 0 Å². The van der Waals surface area contributed by atoms with Gasteiger partial charge in [0.05, 0.1) is 9.79 Å². The van der Waals surface area contributed by atoms with Crippen molar-refractivity contribution in [3.8, 4) is 0 Å². The summed E-state index contributed by atoms with van der Waals surface area (Å²) < 4.78 is 54.8. The number of amides is 1. The van der Waals surface area contributed by atoms with Crippen LogP contribution in [0.2, 0.25) is 0 Å². The number of aryl methyl sites for hydroxylation is 2. The van der Waals surface area contributed by atoms with Crippen LogP contribution in [-0.2, 0) is 44.2 Å². The number of hydrogen-bond donors (Lipinski definition) is 3. The van der Waals surface area contributed by atoms with Crippen molar-refractivity contribution in [3.05, 3.63) is 59.2 Å². The van der Waals surface area contributed by atoms with Crippen LogP contribution >= 0.6 is 0 Å². The molecule has 0 saturated heterocycles. The van der Waals surface area contributed by atoms with Gasteiger partial charge in [-0.3, -0.25) is 4.79 Å². The van der Waals surface area contributed by atoms with Crippen molar-refractivity contribution in [3.63, 3.8) is 0 Å². The maximum absolute atomic E-state index is 12.6. The van der Waals surface area contributed by atoms with E-state index in [1.165, 1.54) is 17.7 Å². The number of fused-ring (bicyclic) bond motifs is 1. The first-order valence-electron chi connectivity index (χ1n) is 11.1. The lowest BCUT2D eigenvalue weighted by Crippen LogP contribution is -2.31. The van der Waals surface area contributed by atoms with Crippen LogP contribution < -0.4 is 14.8 Å². The molecule has 0 radical (unpaired) electrons. The second-order valence-corrected chi connectivity index (χ2v) is 12.0. The molecule has 0 saturated carbocycles. The van der Waals surface area contributed by atoms with E-state index in [1.807, 2.05) is 6.07 Å². The average Bonchev–Trinajstić information content (AvgIpc) is 2.76. The van der Waals surface area contributed by atoms with E-state index in [9.17, 15) is 21.6 Å². The van der Waals surface area contributed by atoms with Crippen molar-refractivity contribution in [2.75, 3.05) is 6.54 Å². The van der Waals surface area contributed by atoms with E-state index >= 15 is 0 Å². The Morgan fingerprint density at radius 1 is 0.909 bits per heavy atom. The smallest absolute Gasteiger partial charge is 0.240 e. The van der Waals surface area contributed by atoms with E-state index in [2.05, 4.69) is 14.8 Å². The highest BCUT2D eigenvalue weighted by Crippen LogP contribution is 2.24. The molecule has 0 heterocycles. The molecule has 0 aromatic heterocycles. The summed E-state index contributed by atoms with van der Waals surface area (Å²) in [5.74, 6) is -0.336. The fourth-order valence-corrected chi connectivity index (χ4v) is 6.15. The van der Waals surface area contributed by atoms with Crippen molar-refractivity contribution < 1.29 is 21.6 Å². The summed E-state index contributed by atoms with van der Waals surface area (Å²) in [5, 5.41) is 2.70. The largest absolute Gasteiger partial charge is 0.352 e. The number of sulfonamides is 2. The summed E-state index contributed by atoms with van der Waals surface area (Å²) in [6.07, 6.45) is 4.02. The zero-order chi connectivity index (χ0) is 24.1. The summed E-state index contributed by atoms with van der Waals surface area (Å²) in [6.45, 7) is 3.59. The van der Waals surface area contributed by atoms with Crippen LogP contribution in [0.25, 0.3) is 0 Å². The summed E-state index contributed by atoms with van der Waals surface area (Å²) in [5.41, 5.74) is 2.91. The number of nitrogens with one attached hydrogen (secondary N) is 3. The van der Waals surface area contributed by atoms with Gasteiger partial charge in [0.1, 0.15) is 0 Å². The number of benzene rings is 2. The highest BCUT2D eigenvalue weighted by atomic mass is 32.2. The third-order valence-corrected chi connectivity index (χ3v) is 8.48. The Labute approximate surface area is 196 Å². The maximum Gasteiger partial charge on any atom is 0.240 e. The van der Waals surface area contributed by atoms with Gasteiger partial charge >= 0.3 is 0 Å². The minimum absolute atomic E-state index is 0.0298. The molecule has 0 fully saturated rings. The number of hydrogen-bond acceptors (Lipinski definition) is 5. The minimum Gasteiger partial charge on any atom is -0.352 e. The maximum atomic E-state index is 12.6. The number of carbonyl (C=O) groups excluding carboxylic acids is 1. The van der Waals surface area contributed by atoms with Crippen LogP contribution in [-0.4, -0.2) is 35.3 Å². The Morgan fingerprint density at radius 3 is 2.33 bits per heavy atom. The predicted octanol–water partition coefficient (Wildman–Crippen LogP) is 2.24. The quantitative estimate of drug-likeness (QED) is 0.469. The van der Waals surface area contributed by atoms with Gasteiger partial charge in [-0.1, -0.05) is 18.2 Å². The van der Waals surface area contributed by atoms with Crippen LogP contribution in [0.4, 0.5) is 0 Å². The van der Waals surface area contributed by atoms with Crippen LogP contribution in [0, 0.1) is 0 Å². The average molecular weight is 494 g/mol. The molecular weight excluding hydrogens is 462 g/mol. The van der Waals surface area contributed by atoms with E-state index in [1.54, 1.807) is 38.1 Å². The summed E-state index contributed by atoms with van der Waals surface area (Å²) in [4.78, 5) is 12.5. The number of rotatable bonds is 10. The van der Waals surface area contributed by atoms with Gasteiger partial charge in [-0.05, 0) is 80.5 Å². The second kappa shape index (κ2) is 10.8. The first kappa shape index (κ1) is 25.4. The summed E-state index contributed by atoms with van der Waals surface area (Å²) in [6, 6.07) is 11.3. The predicted molar refractivity (Wildman–Crippen MR) is 127 cm³/mol. The minimum atomic E-state index is -3.69. The van der Waals surface area contributed by atoms with Crippen molar-refractivity contribution in [1.29, 1.82) is 0 Å². The molecule has 3 rings (SSSR count). The van der Waals surface area contributed by atoms with Crippen molar-refractivity contribution in [2.24, 2.45) is 0 Å². The van der Waals surface area contributed by atoms with Crippen LogP contribution in [0.3, 0.4) is 0 Å². The lowest BCUT2D eigenvalue weighted by Gasteiger charge is -2.16. The molecule has 1 aliphatic carbocycles. The molecule has 2 aromatic rings. The summed E-state index contributed by atoms with van der Waals surface area (Å²) in [7, 11) is -7.32. The third kappa shape index (κ3) is 7.10. The molecule has 1 aliphatic rings. The summed E-state index contributed by atoms with van der Waals surface area (Å²) >= 11 is 0. The molecule has 8 nitrogen and oxygen atoms in total. The highest BCUT2D eigenvalue weighted by Gasteiger charge is 2.18. The first-order valence-corrected chi connectivity index (χ1v) is 14.0. The van der Waals surface area contributed by atoms with Gasteiger partial charge in [0, 0.05) is 25.6 Å². The molecular formula is C23H31N3O5S2. The molecule has 3 N–H and O–H groups in total. The van der Waals surface area contributed by atoms with Crippen molar-refractivity contribution in [2.45, 2.75) is 68.3 Å². The molecule has 0 bridgehead atoms. The zero-order valence-corrected chi connectivity index (χ0v) is 20.6. The monoisotopic (exact) mass is 493 g/mol. The Bertz CT molecular complexity index is 1210. The van der Waals surface area contributed by atoms with Gasteiger partial charge in [-0.25, -0.2) is 26.3 Å². The molecule has 33 heavy (non-hydrogen) atoms. The van der Waals surface area contributed by atoms with Gasteiger partial charge < -0.3 is 5.32 Å². The van der Waals surface area contributed by atoms with Gasteiger partial charge in [0.2, 0.25) is 26.0 Å². The highest BCUT2D eigenvalue weighted by molar-refractivity contribution is 7.89. The lowest BCUT2D eigenvalue weighted by molar-refractivity contribution is -0.121. The molecule has 0 unspecified atom stereocenters. The molecule has 1 amide bonds. The van der Waals surface area contributed by atoms with Crippen molar-refractivity contribution >= 4 is 26.0 Å². The third-order valence-electron chi connectivity index (χ3n) is 5.36. The van der Waals surface area contributed by atoms with E-state index < -0.39 is 20.0 Å². The first-order chi connectivity index (χ1) is 15.6. The van der Waals surface area contributed by atoms with E-state index in [0.717, 1.165) is 31.2 Å². The Balaban J connectivity index is 1.50. The molecule has 0 spiro atoms. The molecule has 0 atom stereocenters. The molecule has 180 valence electrons. The molecule has 0 aliphatic heterocycles. The van der Waals surface area contributed by atoms with Crippen LogP contribution in [0.15, 0.2) is 52.3 Å². The zero-order valence-electron chi connectivity index (χ0n) is 18.9. The normalized spacial score (nSPS) is 14.2. The Hall–Kier alpha value is -2.27. The fourth-order valence-electron chi connectivity index (χ4n) is 3.75. The van der Waals surface area contributed by atoms with E-state index in [-0.39, 0.29) is 41.3 Å². The van der Waals surface area contributed by atoms with Crippen LogP contribution in [0.1, 0.15) is 49.8 Å². The standard InChI is InChI=1S/C23H31N3O5S2/c1-17(2)26-33(30,31)21-9-5-6-18(14-21)16-24-23(27)12-13-25-32(28,29)22-11-10-19-7-3-4-8-20(19)15-22/h5-6,9-11,14-15,17,25-26H,3-4,7-8,12-13,16H2,1-2H3,(H,24,27). The van der Waals surface area contributed by atoms with Gasteiger partial charge in [0.15, 0.2) is 0 Å². The van der Waals surface area contributed by atoms with Gasteiger partial charge in [-0.2, -0.15) is 0 Å². The topological polar surface area (TPSA) is 121 Å². The lowest BCUT2D eigenvalue weighted by atomic mass is 9.92. The SMILES string of the molecule is CC(C)NS(=O)(=O)c1cccc(CNC(=O)CCNS(=O)(=O)c2ccc3c(c2)CCCC3)c1. The van der Waals surface area contributed by atoms with E-state index in [0.29, 0.717) is 5.56 Å². The Kier molecular flexibility index (Phi) is 8.28. The molecule has 2 aromatic carbocycles. The number of carbonyl (C=O) groups is 1. The van der Waals surface area contributed by atoms with Gasteiger partial charge in [-0.15, -0.1) is 0 Å².